The molecule has 1 aromatic heterocycles. The zero-order valence-electron chi connectivity index (χ0n) is 12.7. The van der Waals surface area contributed by atoms with Crippen molar-refractivity contribution in [2.24, 2.45) is 0 Å². The average Bonchev–Trinajstić information content (AvgIpc) is 2.35. The van der Waals surface area contributed by atoms with Crippen molar-refractivity contribution in [3.8, 4) is 0 Å². The Bertz CT molecular complexity index is 443. The Morgan fingerprint density at radius 1 is 1.40 bits per heavy atom. The van der Waals surface area contributed by atoms with Gasteiger partial charge in [-0.3, -0.25) is 0 Å². The minimum absolute atomic E-state index is 0.207. The van der Waals surface area contributed by atoms with E-state index < -0.39 is 0 Å². The van der Waals surface area contributed by atoms with Crippen molar-refractivity contribution in [3.05, 3.63) is 22.8 Å². The number of hydrogen-bond donors (Lipinski definition) is 1. The number of nitrogens with one attached hydrogen (secondary N) is 1. The summed E-state index contributed by atoms with van der Waals surface area (Å²) in [4.78, 5) is 6.76. The molecule has 0 radical (unpaired) electrons. The molecule has 0 aliphatic carbocycles. The van der Waals surface area contributed by atoms with Gasteiger partial charge in [-0.2, -0.15) is 0 Å². The van der Waals surface area contributed by atoms with E-state index in [1.807, 2.05) is 12.3 Å². The monoisotopic (exact) mass is 297 g/mol. The van der Waals surface area contributed by atoms with Crippen molar-refractivity contribution < 1.29 is 4.74 Å². The largest absolute Gasteiger partial charge is 0.372 e. The van der Waals surface area contributed by atoms with Gasteiger partial charge in [-0.1, -0.05) is 25.4 Å². The zero-order valence-corrected chi connectivity index (χ0v) is 13.4. The van der Waals surface area contributed by atoms with E-state index in [0.29, 0.717) is 11.1 Å². The maximum Gasteiger partial charge on any atom is 0.147 e. The number of hydrogen-bond acceptors (Lipinski definition) is 4. The van der Waals surface area contributed by atoms with Crippen LogP contribution in [0.2, 0.25) is 5.02 Å². The van der Waals surface area contributed by atoms with Crippen LogP contribution in [0.5, 0.6) is 0 Å². The van der Waals surface area contributed by atoms with E-state index in [2.05, 4.69) is 42.9 Å². The summed E-state index contributed by atoms with van der Waals surface area (Å²) in [5, 5.41) is 4.09. The first-order valence-electron chi connectivity index (χ1n) is 7.24. The van der Waals surface area contributed by atoms with Gasteiger partial charge < -0.3 is 15.0 Å². The van der Waals surface area contributed by atoms with Gasteiger partial charge in [0.25, 0.3) is 0 Å². The second-order valence-electron chi connectivity index (χ2n) is 5.85. The minimum atomic E-state index is 0.207. The molecule has 0 aromatic carbocycles. The molecule has 1 saturated heterocycles. The molecule has 0 saturated carbocycles. The Morgan fingerprint density at radius 2 is 2.05 bits per heavy atom. The molecule has 2 rings (SSSR count). The van der Waals surface area contributed by atoms with Crippen molar-refractivity contribution in [3.63, 3.8) is 0 Å². The molecule has 4 nitrogen and oxygen atoms in total. The van der Waals surface area contributed by atoms with E-state index in [4.69, 9.17) is 16.3 Å². The maximum atomic E-state index is 6.40. The molecular weight excluding hydrogens is 274 g/mol. The molecular formula is C15H24ClN3O. The van der Waals surface area contributed by atoms with Gasteiger partial charge >= 0.3 is 0 Å². The molecule has 112 valence electrons. The van der Waals surface area contributed by atoms with E-state index in [1.54, 1.807) is 0 Å². The highest BCUT2D eigenvalue weighted by atomic mass is 35.5. The molecule has 0 bridgehead atoms. The van der Waals surface area contributed by atoms with Crippen LogP contribution in [0.4, 0.5) is 5.82 Å². The number of anilines is 1. The Hall–Kier alpha value is -0.840. The van der Waals surface area contributed by atoms with Crippen LogP contribution in [0, 0.1) is 0 Å². The van der Waals surface area contributed by atoms with E-state index in [0.717, 1.165) is 31.0 Å². The normalized spacial score (nSPS) is 23.4. The third kappa shape index (κ3) is 4.08. The number of rotatable bonds is 4. The highest BCUT2D eigenvalue weighted by Gasteiger charge is 2.24. The number of ether oxygens (including phenoxy) is 1. The van der Waals surface area contributed by atoms with Crippen LogP contribution in [-0.4, -0.2) is 36.3 Å². The number of halogens is 1. The molecule has 0 amide bonds. The summed E-state index contributed by atoms with van der Waals surface area (Å²) in [5.74, 6) is 0.863. The van der Waals surface area contributed by atoms with Crippen LogP contribution in [0.25, 0.3) is 0 Å². The predicted octanol–water partition coefficient (Wildman–Crippen LogP) is 2.85. The van der Waals surface area contributed by atoms with E-state index in [-0.39, 0.29) is 12.2 Å². The Labute approximate surface area is 126 Å². The van der Waals surface area contributed by atoms with Gasteiger partial charge in [-0.05, 0) is 25.5 Å². The second-order valence-corrected chi connectivity index (χ2v) is 6.25. The van der Waals surface area contributed by atoms with Gasteiger partial charge in [0.05, 0.1) is 17.2 Å². The highest BCUT2D eigenvalue weighted by molar-refractivity contribution is 6.33. The molecule has 1 fully saturated rings. The predicted molar refractivity (Wildman–Crippen MR) is 83.4 cm³/mol. The Kier molecular flexibility index (Phi) is 5.24. The number of morpholine rings is 1. The van der Waals surface area contributed by atoms with Gasteiger partial charge in [0.15, 0.2) is 0 Å². The molecule has 2 heterocycles. The fraction of sp³-hybridized carbons (Fsp3) is 0.667. The fourth-order valence-corrected chi connectivity index (χ4v) is 2.78. The summed E-state index contributed by atoms with van der Waals surface area (Å²) >= 11 is 6.40. The van der Waals surface area contributed by atoms with Crippen LogP contribution >= 0.6 is 11.6 Å². The van der Waals surface area contributed by atoms with E-state index in [1.165, 1.54) is 0 Å². The Balaban J connectivity index is 2.09. The van der Waals surface area contributed by atoms with Crippen molar-refractivity contribution >= 4 is 17.4 Å². The summed E-state index contributed by atoms with van der Waals surface area (Å²) in [6.07, 6.45) is 2.32. The van der Waals surface area contributed by atoms with Gasteiger partial charge in [-0.25, -0.2) is 4.98 Å². The summed E-state index contributed by atoms with van der Waals surface area (Å²) < 4.78 is 5.74. The Morgan fingerprint density at radius 3 is 2.60 bits per heavy atom. The SMILES string of the molecule is CC(C)NCc1cnc(N2C[C@@H](C)O[C@@H](C)C2)c(Cl)c1. The van der Waals surface area contributed by atoms with E-state index >= 15 is 0 Å². The number of pyridine rings is 1. The molecule has 1 aliphatic rings. The van der Waals surface area contributed by atoms with Gasteiger partial charge in [0.2, 0.25) is 0 Å². The molecule has 2 atom stereocenters. The maximum absolute atomic E-state index is 6.40. The molecule has 1 N–H and O–H groups in total. The third-order valence-electron chi connectivity index (χ3n) is 3.31. The topological polar surface area (TPSA) is 37.4 Å². The smallest absolute Gasteiger partial charge is 0.147 e. The number of nitrogens with zero attached hydrogens (tertiary/aromatic N) is 2. The lowest BCUT2D eigenvalue weighted by atomic mass is 10.2. The molecule has 5 heteroatoms. The first-order valence-corrected chi connectivity index (χ1v) is 7.61. The van der Waals surface area contributed by atoms with Crippen molar-refractivity contribution in [1.82, 2.24) is 10.3 Å². The van der Waals surface area contributed by atoms with Crippen molar-refractivity contribution in [2.75, 3.05) is 18.0 Å². The molecule has 20 heavy (non-hydrogen) atoms. The van der Waals surface area contributed by atoms with Crippen molar-refractivity contribution in [1.29, 1.82) is 0 Å². The summed E-state index contributed by atoms with van der Waals surface area (Å²) in [6.45, 7) is 10.9. The zero-order chi connectivity index (χ0) is 14.7. The molecule has 0 spiro atoms. The van der Waals surface area contributed by atoms with Gasteiger partial charge in [0.1, 0.15) is 5.82 Å². The van der Waals surface area contributed by atoms with Crippen LogP contribution in [0.15, 0.2) is 12.3 Å². The molecule has 1 aliphatic heterocycles. The lowest BCUT2D eigenvalue weighted by Gasteiger charge is -2.36. The number of aromatic nitrogens is 1. The van der Waals surface area contributed by atoms with Crippen LogP contribution in [0.1, 0.15) is 33.3 Å². The van der Waals surface area contributed by atoms with Crippen LogP contribution in [-0.2, 0) is 11.3 Å². The summed E-state index contributed by atoms with van der Waals surface area (Å²) in [7, 11) is 0. The first-order chi connectivity index (χ1) is 9.45. The van der Waals surface area contributed by atoms with Crippen LogP contribution in [0.3, 0.4) is 0 Å². The summed E-state index contributed by atoms with van der Waals surface area (Å²) in [5.41, 5.74) is 1.11. The molecule has 0 unspecified atom stereocenters. The quantitative estimate of drug-likeness (QED) is 0.927. The third-order valence-corrected chi connectivity index (χ3v) is 3.59. The lowest BCUT2D eigenvalue weighted by molar-refractivity contribution is -0.00545. The average molecular weight is 298 g/mol. The first kappa shape index (κ1) is 15.5. The van der Waals surface area contributed by atoms with Gasteiger partial charge in [-0.15, -0.1) is 0 Å². The summed E-state index contributed by atoms with van der Waals surface area (Å²) in [6, 6.07) is 2.46. The highest BCUT2D eigenvalue weighted by Crippen LogP contribution is 2.26. The fourth-order valence-electron chi connectivity index (χ4n) is 2.47. The second kappa shape index (κ2) is 6.74. The lowest BCUT2D eigenvalue weighted by Crippen LogP contribution is -2.46. The van der Waals surface area contributed by atoms with Crippen molar-refractivity contribution in [2.45, 2.75) is 52.5 Å². The molecule has 1 aromatic rings. The van der Waals surface area contributed by atoms with E-state index in [9.17, 15) is 0 Å². The minimum Gasteiger partial charge on any atom is -0.372 e. The van der Waals surface area contributed by atoms with Crippen LogP contribution < -0.4 is 10.2 Å². The van der Waals surface area contributed by atoms with Gasteiger partial charge in [0, 0.05) is 31.9 Å². The standard InChI is InChI=1S/C15H24ClN3O/c1-10(2)17-6-13-5-14(16)15(18-7-13)19-8-11(3)20-12(4)9-19/h5,7,10-12,17H,6,8-9H2,1-4H3/t11-,12+.